The Bertz CT molecular complexity index is 200. The van der Waals surface area contributed by atoms with Gasteiger partial charge < -0.3 is 10.4 Å². The Labute approximate surface area is 97.2 Å². The van der Waals surface area contributed by atoms with E-state index in [0.29, 0.717) is 12.1 Å². The van der Waals surface area contributed by atoms with Crippen molar-refractivity contribution in [1.29, 1.82) is 0 Å². The minimum Gasteiger partial charge on any atom is -0.392 e. The predicted molar refractivity (Wildman–Crippen MR) is 66.3 cm³/mol. The third-order valence-corrected chi connectivity index (χ3v) is 4.98. The molecule has 4 unspecified atom stereocenters. The second-order valence-corrected chi connectivity index (χ2v) is 6.13. The molecule has 0 aromatic rings. The van der Waals surface area contributed by atoms with Crippen molar-refractivity contribution in [3.05, 3.63) is 0 Å². The molecule has 2 saturated carbocycles. The normalized spacial score (nSPS) is 42.0. The zero-order valence-electron chi connectivity index (χ0n) is 9.61. The van der Waals surface area contributed by atoms with Crippen molar-refractivity contribution < 1.29 is 5.11 Å². The third-order valence-electron chi connectivity index (χ3n) is 3.89. The van der Waals surface area contributed by atoms with Crippen LogP contribution in [-0.4, -0.2) is 34.8 Å². The van der Waals surface area contributed by atoms with Crippen LogP contribution in [0, 0.1) is 0 Å². The van der Waals surface area contributed by atoms with Crippen LogP contribution in [-0.2, 0) is 0 Å². The number of nitrogens with one attached hydrogen (secondary N) is 1. The van der Waals surface area contributed by atoms with Crippen LogP contribution in [0.4, 0.5) is 0 Å². The number of aliphatic hydroxyl groups excluding tert-OH is 1. The Kier molecular flexibility index (Phi) is 4.35. The average Bonchev–Trinajstić information content (AvgIpc) is 2.65. The predicted octanol–water partition coefficient (Wildman–Crippen LogP) is 2.16. The fraction of sp³-hybridized carbons (Fsp3) is 1.00. The first-order chi connectivity index (χ1) is 7.29. The van der Waals surface area contributed by atoms with Gasteiger partial charge in [-0.15, -0.1) is 0 Å². The first-order valence-electron chi connectivity index (χ1n) is 6.26. The van der Waals surface area contributed by atoms with Gasteiger partial charge in [0.1, 0.15) is 0 Å². The maximum Gasteiger partial charge on any atom is 0.0693 e. The SMILES string of the molecule is CSC1CCCC(NC2CCCC2O)C1. The second-order valence-electron chi connectivity index (χ2n) is 4.99. The fourth-order valence-electron chi connectivity index (χ4n) is 2.95. The highest BCUT2D eigenvalue weighted by Gasteiger charge is 2.29. The van der Waals surface area contributed by atoms with Crippen molar-refractivity contribution in [2.75, 3.05) is 6.26 Å². The van der Waals surface area contributed by atoms with Gasteiger partial charge in [-0.05, 0) is 44.8 Å². The quantitative estimate of drug-likeness (QED) is 0.778. The largest absolute Gasteiger partial charge is 0.392 e. The molecule has 2 aliphatic carbocycles. The molecule has 2 nitrogen and oxygen atoms in total. The molecular weight excluding hydrogens is 206 g/mol. The molecule has 0 aromatic heterocycles. The Balaban J connectivity index is 1.78. The molecule has 2 fully saturated rings. The van der Waals surface area contributed by atoms with Gasteiger partial charge in [0.05, 0.1) is 6.10 Å². The lowest BCUT2D eigenvalue weighted by Crippen LogP contribution is -2.45. The van der Waals surface area contributed by atoms with Crippen LogP contribution >= 0.6 is 11.8 Å². The first kappa shape index (κ1) is 11.7. The molecule has 0 spiro atoms. The van der Waals surface area contributed by atoms with Gasteiger partial charge in [0.15, 0.2) is 0 Å². The van der Waals surface area contributed by atoms with E-state index < -0.39 is 0 Å². The van der Waals surface area contributed by atoms with E-state index in [1.165, 1.54) is 38.5 Å². The van der Waals surface area contributed by atoms with Gasteiger partial charge in [-0.2, -0.15) is 11.8 Å². The Hall–Kier alpha value is 0.270. The lowest BCUT2D eigenvalue weighted by Gasteiger charge is -2.31. The number of rotatable bonds is 3. The first-order valence-corrected chi connectivity index (χ1v) is 7.55. The Morgan fingerprint density at radius 1 is 1.13 bits per heavy atom. The van der Waals surface area contributed by atoms with E-state index in [4.69, 9.17) is 0 Å². The number of aliphatic hydroxyl groups is 1. The fourth-order valence-corrected chi connectivity index (χ4v) is 3.78. The highest BCUT2D eigenvalue weighted by molar-refractivity contribution is 7.99. The average molecular weight is 229 g/mol. The summed E-state index contributed by atoms with van der Waals surface area (Å²) in [5.74, 6) is 0. The third kappa shape index (κ3) is 3.11. The molecule has 0 saturated heterocycles. The van der Waals surface area contributed by atoms with Crippen molar-refractivity contribution in [3.8, 4) is 0 Å². The van der Waals surface area contributed by atoms with Crippen LogP contribution in [0.15, 0.2) is 0 Å². The van der Waals surface area contributed by atoms with Gasteiger partial charge in [0.25, 0.3) is 0 Å². The maximum atomic E-state index is 9.77. The topological polar surface area (TPSA) is 32.3 Å². The van der Waals surface area contributed by atoms with Crippen LogP contribution in [0.3, 0.4) is 0 Å². The van der Waals surface area contributed by atoms with Crippen molar-refractivity contribution in [3.63, 3.8) is 0 Å². The van der Waals surface area contributed by atoms with E-state index in [1.807, 2.05) is 11.8 Å². The molecule has 0 aliphatic heterocycles. The second kappa shape index (κ2) is 5.55. The molecule has 15 heavy (non-hydrogen) atoms. The monoisotopic (exact) mass is 229 g/mol. The van der Waals surface area contributed by atoms with E-state index in [-0.39, 0.29) is 6.10 Å². The van der Waals surface area contributed by atoms with Crippen LogP contribution in [0.5, 0.6) is 0 Å². The zero-order chi connectivity index (χ0) is 10.7. The molecular formula is C12H23NOS. The van der Waals surface area contributed by atoms with E-state index >= 15 is 0 Å². The van der Waals surface area contributed by atoms with E-state index in [0.717, 1.165) is 11.7 Å². The molecule has 0 bridgehead atoms. The Morgan fingerprint density at radius 3 is 2.60 bits per heavy atom. The summed E-state index contributed by atoms with van der Waals surface area (Å²) < 4.78 is 0. The van der Waals surface area contributed by atoms with Gasteiger partial charge in [-0.25, -0.2) is 0 Å². The standard InChI is InChI=1S/C12H23NOS/c1-15-10-5-2-4-9(8-10)13-11-6-3-7-12(11)14/h9-14H,2-8H2,1H3. The molecule has 0 radical (unpaired) electrons. The molecule has 4 atom stereocenters. The van der Waals surface area contributed by atoms with Gasteiger partial charge in [-0.3, -0.25) is 0 Å². The van der Waals surface area contributed by atoms with Crippen LogP contribution in [0.1, 0.15) is 44.9 Å². The van der Waals surface area contributed by atoms with E-state index in [1.54, 1.807) is 0 Å². The highest BCUT2D eigenvalue weighted by Crippen LogP contribution is 2.28. The summed E-state index contributed by atoms with van der Waals surface area (Å²) in [6.07, 6.45) is 10.8. The molecule has 0 amide bonds. The van der Waals surface area contributed by atoms with Gasteiger partial charge >= 0.3 is 0 Å². The summed E-state index contributed by atoms with van der Waals surface area (Å²) in [5, 5.41) is 14.3. The molecule has 2 aliphatic rings. The Morgan fingerprint density at radius 2 is 1.93 bits per heavy atom. The van der Waals surface area contributed by atoms with Crippen LogP contribution in [0.25, 0.3) is 0 Å². The van der Waals surface area contributed by atoms with Crippen molar-refractivity contribution in [2.24, 2.45) is 0 Å². The molecule has 2 N–H and O–H groups in total. The summed E-state index contributed by atoms with van der Waals surface area (Å²) >= 11 is 2.01. The summed E-state index contributed by atoms with van der Waals surface area (Å²) in [5.41, 5.74) is 0. The summed E-state index contributed by atoms with van der Waals surface area (Å²) in [7, 11) is 0. The lowest BCUT2D eigenvalue weighted by atomic mass is 9.94. The summed E-state index contributed by atoms with van der Waals surface area (Å²) in [6.45, 7) is 0. The molecule has 2 rings (SSSR count). The molecule has 0 heterocycles. The number of thioether (sulfide) groups is 1. The van der Waals surface area contributed by atoms with Gasteiger partial charge in [0, 0.05) is 17.3 Å². The van der Waals surface area contributed by atoms with E-state index in [9.17, 15) is 5.11 Å². The molecule has 3 heteroatoms. The summed E-state index contributed by atoms with van der Waals surface area (Å²) in [4.78, 5) is 0. The maximum absolute atomic E-state index is 9.77. The highest BCUT2D eigenvalue weighted by atomic mass is 32.2. The smallest absolute Gasteiger partial charge is 0.0693 e. The summed E-state index contributed by atoms with van der Waals surface area (Å²) in [6, 6.07) is 1.05. The minimum absolute atomic E-state index is 0.0837. The van der Waals surface area contributed by atoms with Gasteiger partial charge in [0.2, 0.25) is 0 Å². The van der Waals surface area contributed by atoms with Crippen molar-refractivity contribution >= 4 is 11.8 Å². The minimum atomic E-state index is -0.0837. The number of hydrogen-bond donors (Lipinski definition) is 2. The van der Waals surface area contributed by atoms with Crippen molar-refractivity contribution in [2.45, 2.75) is 68.4 Å². The van der Waals surface area contributed by atoms with Crippen LogP contribution in [0.2, 0.25) is 0 Å². The number of hydrogen-bond acceptors (Lipinski definition) is 3. The van der Waals surface area contributed by atoms with Crippen molar-refractivity contribution in [1.82, 2.24) is 5.32 Å². The van der Waals surface area contributed by atoms with Gasteiger partial charge in [-0.1, -0.05) is 6.42 Å². The molecule has 0 aromatic carbocycles. The zero-order valence-corrected chi connectivity index (χ0v) is 10.4. The van der Waals surface area contributed by atoms with E-state index in [2.05, 4.69) is 11.6 Å². The molecule has 88 valence electrons. The lowest BCUT2D eigenvalue weighted by molar-refractivity contribution is 0.138. The van der Waals surface area contributed by atoms with Crippen LogP contribution < -0.4 is 5.32 Å².